The molecule has 232 valence electrons. The van der Waals surface area contributed by atoms with Crippen LogP contribution in [0.15, 0.2) is 52.5 Å². The van der Waals surface area contributed by atoms with E-state index in [1.165, 1.54) is 25.7 Å². The van der Waals surface area contributed by atoms with Crippen LogP contribution in [0.25, 0.3) is 0 Å². The van der Waals surface area contributed by atoms with Crippen molar-refractivity contribution in [1.82, 2.24) is 0 Å². The number of fused-ring (bicyclic) bond motifs is 6. The SMILES string of the molecule is Cc1ccc(S(=O)(=O)OC[C@@]2(C)CC[C@]3(C)CC[C@]4(C)C(=C3C2)C=C[C@@H]2[C@@]3(C)CC[C@H](O)C(C)(C)[C@@H]3CC[C@]24C)cc1. The van der Waals surface area contributed by atoms with Gasteiger partial charge < -0.3 is 5.11 Å². The third-order valence-electron chi connectivity index (χ3n) is 14.2. The second kappa shape index (κ2) is 9.54. The Morgan fingerprint density at radius 3 is 2.24 bits per heavy atom. The van der Waals surface area contributed by atoms with E-state index < -0.39 is 10.1 Å². The van der Waals surface area contributed by atoms with Gasteiger partial charge in [0.1, 0.15) is 0 Å². The predicted molar refractivity (Wildman–Crippen MR) is 169 cm³/mol. The topological polar surface area (TPSA) is 63.6 Å². The maximum Gasteiger partial charge on any atom is 0.296 e. The lowest BCUT2D eigenvalue weighted by Crippen LogP contribution is -2.63. The van der Waals surface area contributed by atoms with Crippen LogP contribution in [0.2, 0.25) is 0 Å². The molecule has 8 atom stereocenters. The van der Waals surface area contributed by atoms with Gasteiger partial charge in [-0.25, -0.2) is 0 Å². The van der Waals surface area contributed by atoms with Crippen molar-refractivity contribution in [2.75, 3.05) is 6.61 Å². The Bertz CT molecular complexity index is 1420. The minimum Gasteiger partial charge on any atom is -0.393 e. The van der Waals surface area contributed by atoms with Crippen LogP contribution in [0.4, 0.5) is 0 Å². The lowest BCUT2D eigenvalue weighted by molar-refractivity contribution is -0.182. The number of hydrogen-bond donors (Lipinski definition) is 1. The monoisotopic (exact) mass is 594 g/mol. The third kappa shape index (κ3) is 4.30. The number of aryl methyl sites for hydroxylation is 1. The second-order valence-electron chi connectivity index (χ2n) is 17.0. The van der Waals surface area contributed by atoms with Crippen LogP contribution in [0.3, 0.4) is 0 Å². The van der Waals surface area contributed by atoms with E-state index in [9.17, 15) is 13.5 Å². The van der Waals surface area contributed by atoms with Crippen molar-refractivity contribution in [2.24, 2.45) is 44.3 Å². The Morgan fingerprint density at radius 1 is 0.881 bits per heavy atom. The molecule has 3 saturated carbocycles. The van der Waals surface area contributed by atoms with Gasteiger partial charge in [0.15, 0.2) is 0 Å². The van der Waals surface area contributed by atoms with E-state index in [0.717, 1.165) is 37.7 Å². The highest BCUT2D eigenvalue weighted by Gasteiger charge is 2.66. The van der Waals surface area contributed by atoms with Crippen molar-refractivity contribution in [2.45, 2.75) is 124 Å². The third-order valence-corrected chi connectivity index (χ3v) is 15.4. The summed E-state index contributed by atoms with van der Waals surface area (Å²) in [5.74, 6) is 1.01. The first kappa shape index (κ1) is 30.6. The zero-order chi connectivity index (χ0) is 30.6. The summed E-state index contributed by atoms with van der Waals surface area (Å²) in [5.41, 5.74) is 4.44. The molecule has 0 aromatic heterocycles. The normalized spacial score (nSPS) is 44.5. The molecule has 1 aromatic rings. The Labute approximate surface area is 255 Å². The summed E-state index contributed by atoms with van der Waals surface area (Å²) < 4.78 is 32.0. The number of benzene rings is 1. The molecule has 0 aliphatic heterocycles. The fourth-order valence-electron chi connectivity index (χ4n) is 10.9. The van der Waals surface area contributed by atoms with Crippen molar-refractivity contribution < 1.29 is 17.7 Å². The molecular formula is C37H54O4S. The zero-order valence-electron chi connectivity index (χ0n) is 27.3. The average Bonchev–Trinajstić information content (AvgIpc) is 2.92. The van der Waals surface area contributed by atoms with Crippen LogP contribution in [-0.2, 0) is 14.3 Å². The molecule has 0 heterocycles. The number of rotatable bonds is 4. The number of hydrogen-bond acceptors (Lipinski definition) is 4. The van der Waals surface area contributed by atoms with E-state index in [-0.39, 0.29) is 50.1 Å². The zero-order valence-corrected chi connectivity index (χ0v) is 28.2. The van der Waals surface area contributed by atoms with Crippen LogP contribution in [0, 0.1) is 51.2 Å². The Kier molecular flexibility index (Phi) is 6.95. The van der Waals surface area contributed by atoms with Crippen molar-refractivity contribution in [3.05, 3.63) is 53.1 Å². The molecule has 4 nitrogen and oxygen atoms in total. The molecule has 0 spiro atoms. The van der Waals surface area contributed by atoms with Crippen LogP contribution in [0.5, 0.6) is 0 Å². The van der Waals surface area contributed by atoms with E-state index in [2.05, 4.69) is 60.6 Å². The molecule has 1 aromatic carbocycles. The van der Waals surface area contributed by atoms with Crippen molar-refractivity contribution in [3.63, 3.8) is 0 Å². The lowest BCUT2D eigenvalue weighted by atomic mass is 9.35. The molecule has 3 fully saturated rings. The van der Waals surface area contributed by atoms with E-state index in [0.29, 0.717) is 11.8 Å². The molecular weight excluding hydrogens is 540 g/mol. The van der Waals surface area contributed by atoms with Crippen LogP contribution >= 0.6 is 0 Å². The van der Waals surface area contributed by atoms with Gasteiger partial charge in [-0.1, -0.05) is 83.9 Å². The summed E-state index contributed by atoms with van der Waals surface area (Å²) in [6, 6.07) is 6.95. The second-order valence-corrected chi connectivity index (χ2v) is 18.6. The van der Waals surface area contributed by atoms with Gasteiger partial charge in [0.05, 0.1) is 17.6 Å². The molecule has 5 aliphatic carbocycles. The van der Waals surface area contributed by atoms with Gasteiger partial charge in [-0.05, 0) is 127 Å². The fraction of sp³-hybridized carbons (Fsp3) is 0.730. The quantitative estimate of drug-likeness (QED) is 0.354. The Balaban J connectivity index is 1.34. The first-order valence-electron chi connectivity index (χ1n) is 16.5. The molecule has 5 heteroatoms. The summed E-state index contributed by atoms with van der Waals surface area (Å²) in [6.07, 6.45) is 14.6. The van der Waals surface area contributed by atoms with E-state index in [4.69, 9.17) is 4.18 Å². The molecule has 0 radical (unpaired) electrons. The predicted octanol–water partition coefficient (Wildman–Crippen LogP) is 8.78. The minimum atomic E-state index is -3.80. The van der Waals surface area contributed by atoms with Gasteiger partial charge in [0.25, 0.3) is 10.1 Å². The summed E-state index contributed by atoms with van der Waals surface area (Å²) >= 11 is 0. The molecule has 6 rings (SSSR count). The smallest absolute Gasteiger partial charge is 0.296 e. The lowest BCUT2D eigenvalue weighted by Gasteiger charge is -2.69. The summed E-state index contributed by atoms with van der Waals surface area (Å²) in [6.45, 7) is 19.2. The van der Waals surface area contributed by atoms with Crippen molar-refractivity contribution in [1.29, 1.82) is 0 Å². The summed E-state index contributed by atoms with van der Waals surface area (Å²) in [7, 11) is -3.80. The highest BCUT2D eigenvalue weighted by atomic mass is 32.2. The summed E-state index contributed by atoms with van der Waals surface area (Å²) in [5, 5.41) is 11.0. The maximum absolute atomic E-state index is 13.1. The van der Waals surface area contributed by atoms with Gasteiger partial charge in [0.2, 0.25) is 0 Å². The van der Waals surface area contributed by atoms with Crippen LogP contribution in [0.1, 0.15) is 112 Å². The van der Waals surface area contributed by atoms with Crippen molar-refractivity contribution >= 4 is 10.1 Å². The first-order chi connectivity index (χ1) is 19.4. The van der Waals surface area contributed by atoms with Gasteiger partial charge in [-0.2, -0.15) is 8.42 Å². The van der Waals surface area contributed by atoms with E-state index in [1.807, 2.05) is 19.1 Å². The van der Waals surface area contributed by atoms with Gasteiger partial charge in [-0.15, -0.1) is 0 Å². The molecule has 5 aliphatic rings. The number of aliphatic hydroxyl groups excluding tert-OH is 1. The highest BCUT2D eigenvalue weighted by Crippen LogP contribution is 2.74. The highest BCUT2D eigenvalue weighted by molar-refractivity contribution is 7.86. The standard InChI is InChI=1S/C37H54O4S/c1-25-9-11-26(12-10-25)42(39,40)41-24-33(4)19-20-34(5)21-22-36(7)27(28(34)23-33)13-14-30-35(6)17-16-31(38)32(2,3)29(35)15-18-37(30,36)8/h9-14,29-31,38H,15-24H2,1-8H3/t29-,30+,31-,33-,34+,35-,36+,37+/m0/s1. The number of allylic oxidation sites excluding steroid dienone is 4. The fourth-order valence-corrected chi connectivity index (χ4v) is 11.9. The molecule has 0 saturated heterocycles. The van der Waals surface area contributed by atoms with Crippen LogP contribution < -0.4 is 0 Å². The Hall–Kier alpha value is -1.43. The molecule has 0 unspecified atom stereocenters. The van der Waals surface area contributed by atoms with E-state index in [1.54, 1.807) is 23.3 Å². The van der Waals surface area contributed by atoms with Gasteiger partial charge >= 0.3 is 0 Å². The largest absolute Gasteiger partial charge is 0.393 e. The molecule has 0 bridgehead atoms. The first-order valence-corrected chi connectivity index (χ1v) is 17.9. The molecule has 0 amide bonds. The Morgan fingerprint density at radius 2 is 1.55 bits per heavy atom. The van der Waals surface area contributed by atoms with Gasteiger partial charge in [0, 0.05) is 0 Å². The van der Waals surface area contributed by atoms with Crippen LogP contribution in [-0.4, -0.2) is 26.2 Å². The molecule has 1 N–H and O–H groups in total. The number of aliphatic hydroxyl groups is 1. The summed E-state index contributed by atoms with van der Waals surface area (Å²) in [4.78, 5) is 0.237. The van der Waals surface area contributed by atoms with Gasteiger partial charge in [-0.3, -0.25) is 4.18 Å². The average molecular weight is 595 g/mol. The van der Waals surface area contributed by atoms with Crippen molar-refractivity contribution in [3.8, 4) is 0 Å². The maximum atomic E-state index is 13.1. The molecule has 42 heavy (non-hydrogen) atoms. The minimum absolute atomic E-state index is 0.0585. The van der Waals surface area contributed by atoms with E-state index >= 15 is 0 Å².